The predicted octanol–water partition coefficient (Wildman–Crippen LogP) is 4.42. The Bertz CT molecular complexity index is 425. The molecule has 0 fully saturated rings. The summed E-state index contributed by atoms with van der Waals surface area (Å²) in [6.45, 7) is 2.24. The van der Waals surface area contributed by atoms with Gasteiger partial charge in [-0.15, -0.1) is 0 Å². The van der Waals surface area contributed by atoms with Crippen molar-refractivity contribution in [3.8, 4) is 0 Å². The second-order valence-corrected chi connectivity index (χ2v) is 4.51. The zero-order valence-electron chi connectivity index (χ0n) is 10.4. The summed E-state index contributed by atoms with van der Waals surface area (Å²) >= 11 is 0. The molecular weight excluding hydrogens is 204 g/mol. The van der Waals surface area contributed by atoms with Crippen LogP contribution in [0.15, 0.2) is 48.5 Å². The van der Waals surface area contributed by atoms with Gasteiger partial charge in [0.25, 0.3) is 0 Å². The van der Waals surface area contributed by atoms with Crippen LogP contribution in [-0.4, -0.2) is 0 Å². The molecule has 17 heavy (non-hydrogen) atoms. The van der Waals surface area contributed by atoms with E-state index < -0.39 is 0 Å². The number of aryl methyl sites for hydroxylation is 1. The van der Waals surface area contributed by atoms with Gasteiger partial charge in [0.1, 0.15) is 0 Å². The first-order valence-corrected chi connectivity index (χ1v) is 6.41. The van der Waals surface area contributed by atoms with E-state index in [1.54, 1.807) is 0 Å². The van der Waals surface area contributed by atoms with Crippen LogP contribution in [0, 0.1) is 6.07 Å². The van der Waals surface area contributed by atoms with Gasteiger partial charge in [-0.2, -0.15) is 0 Å². The highest BCUT2D eigenvalue weighted by Gasteiger charge is 1.96. The molecule has 0 spiro atoms. The van der Waals surface area contributed by atoms with Crippen molar-refractivity contribution in [1.82, 2.24) is 0 Å². The second kappa shape index (κ2) is 6.24. The third kappa shape index (κ3) is 3.74. The third-order valence-corrected chi connectivity index (χ3v) is 3.04. The molecule has 0 heterocycles. The second-order valence-electron chi connectivity index (χ2n) is 4.51. The number of hydrogen-bond donors (Lipinski definition) is 0. The molecule has 2 rings (SSSR count). The molecule has 2 aromatic carbocycles. The van der Waals surface area contributed by atoms with Gasteiger partial charge in [0.2, 0.25) is 0 Å². The molecule has 0 N–H and O–H groups in total. The van der Waals surface area contributed by atoms with Gasteiger partial charge >= 0.3 is 0 Å². The van der Waals surface area contributed by atoms with Crippen LogP contribution in [0.3, 0.4) is 0 Å². The number of unbranched alkanes of at least 4 members (excludes halogenated alkanes) is 1. The molecule has 0 aromatic heterocycles. The van der Waals surface area contributed by atoms with Crippen molar-refractivity contribution in [1.29, 1.82) is 0 Å². The van der Waals surface area contributed by atoms with Gasteiger partial charge in [-0.05, 0) is 42.0 Å². The molecule has 0 aliphatic rings. The Kier molecular flexibility index (Phi) is 4.37. The van der Waals surface area contributed by atoms with Gasteiger partial charge in [-0.25, -0.2) is 0 Å². The van der Waals surface area contributed by atoms with Crippen molar-refractivity contribution in [2.75, 3.05) is 0 Å². The number of benzene rings is 2. The Morgan fingerprint density at radius 2 is 1.41 bits per heavy atom. The van der Waals surface area contributed by atoms with Gasteiger partial charge in [-0.3, -0.25) is 0 Å². The fourth-order valence-electron chi connectivity index (χ4n) is 1.98. The minimum atomic E-state index is 1.02. The van der Waals surface area contributed by atoms with Crippen molar-refractivity contribution >= 4 is 0 Å². The van der Waals surface area contributed by atoms with Crippen molar-refractivity contribution in [2.24, 2.45) is 0 Å². The number of hydrogen-bond acceptors (Lipinski definition) is 0. The maximum absolute atomic E-state index is 3.05. The predicted molar refractivity (Wildman–Crippen MR) is 73.1 cm³/mol. The van der Waals surface area contributed by atoms with Crippen molar-refractivity contribution in [3.05, 3.63) is 71.3 Å². The normalized spacial score (nSPS) is 10.4. The quantitative estimate of drug-likeness (QED) is 0.704. The summed E-state index contributed by atoms with van der Waals surface area (Å²) in [5.74, 6) is 0. The lowest BCUT2D eigenvalue weighted by Crippen LogP contribution is -1.89. The lowest BCUT2D eigenvalue weighted by atomic mass is 10.0. The highest BCUT2D eigenvalue weighted by Crippen LogP contribution is 2.12. The maximum atomic E-state index is 3.05. The largest absolute Gasteiger partial charge is 0.0654 e. The van der Waals surface area contributed by atoms with Gasteiger partial charge in [0.15, 0.2) is 0 Å². The molecule has 2 aromatic rings. The van der Waals surface area contributed by atoms with E-state index in [2.05, 4.69) is 49.4 Å². The minimum absolute atomic E-state index is 1.02. The molecule has 87 valence electrons. The van der Waals surface area contributed by atoms with E-state index in [-0.39, 0.29) is 0 Å². The fraction of sp³-hybridized carbons (Fsp3) is 0.294. The Labute approximate surface area is 104 Å². The topological polar surface area (TPSA) is 0 Å². The van der Waals surface area contributed by atoms with E-state index in [0.717, 1.165) is 6.42 Å². The van der Waals surface area contributed by atoms with E-state index in [0.29, 0.717) is 0 Å². The van der Waals surface area contributed by atoms with Crippen LogP contribution in [-0.2, 0) is 12.8 Å². The van der Waals surface area contributed by atoms with E-state index in [9.17, 15) is 0 Å². The van der Waals surface area contributed by atoms with E-state index in [1.165, 1.54) is 36.0 Å². The lowest BCUT2D eigenvalue weighted by molar-refractivity contribution is 0.795. The van der Waals surface area contributed by atoms with Crippen LogP contribution in [0.5, 0.6) is 0 Å². The Balaban J connectivity index is 1.98. The van der Waals surface area contributed by atoms with E-state index >= 15 is 0 Å². The molecular formula is C17H19. The highest BCUT2D eigenvalue weighted by atomic mass is 14.0. The molecule has 0 nitrogen and oxygen atoms in total. The smallest absolute Gasteiger partial charge is 0.00258 e. The molecule has 0 amide bonds. The summed E-state index contributed by atoms with van der Waals surface area (Å²) in [4.78, 5) is 0. The van der Waals surface area contributed by atoms with Crippen LogP contribution in [0.4, 0.5) is 0 Å². The molecule has 0 bridgehead atoms. The molecule has 0 saturated carbocycles. The highest BCUT2D eigenvalue weighted by molar-refractivity contribution is 5.28. The van der Waals surface area contributed by atoms with E-state index in [4.69, 9.17) is 0 Å². The summed E-state index contributed by atoms with van der Waals surface area (Å²) in [5, 5.41) is 0. The van der Waals surface area contributed by atoms with Crippen LogP contribution < -0.4 is 0 Å². The van der Waals surface area contributed by atoms with Gasteiger partial charge in [0, 0.05) is 0 Å². The van der Waals surface area contributed by atoms with Gasteiger partial charge in [-0.1, -0.05) is 61.9 Å². The van der Waals surface area contributed by atoms with Gasteiger partial charge < -0.3 is 0 Å². The van der Waals surface area contributed by atoms with Crippen LogP contribution in [0.25, 0.3) is 0 Å². The van der Waals surface area contributed by atoms with Crippen molar-refractivity contribution in [3.63, 3.8) is 0 Å². The third-order valence-electron chi connectivity index (χ3n) is 3.04. The summed E-state index contributed by atoms with van der Waals surface area (Å²) in [5.41, 5.74) is 4.19. The zero-order chi connectivity index (χ0) is 11.9. The average Bonchev–Trinajstić information content (AvgIpc) is 2.39. The molecule has 1 radical (unpaired) electrons. The Morgan fingerprint density at radius 1 is 0.824 bits per heavy atom. The van der Waals surface area contributed by atoms with Crippen molar-refractivity contribution in [2.45, 2.75) is 32.6 Å². The SMILES string of the molecule is CCCCc1ccc(Cc2cc[c]cc2)cc1. The molecule has 0 aliphatic heterocycles. The lowest BCUT2D eigenvalue weighted by Gasteiger charge is -2.04. The first-order valence-electron chi connectivity index (χ1n) is 6.41. The average molecular weight is 223 g/mol. The molecule has 0 atom stereocenters. The summed E-state index contributed by atoms with van der Waals surface area (Å²) in [6.07, 6.45) is 4.77. The molecule has 0 heteroatoms. The maximum Gasteiger partial charge on any atom is -0.00258 e. The van der Waals surface area contributed by atoms with Crippen molar-refractivity contribution < 1.29 is 0 Å². The summed E-state index contributed by atoms with van der Waals surface area (Å²) in [7, 11) is 0. The van der Waals surface area contributed by atoms with E-state index in [1.807, 2.05) is 12.1 Å². The molecule has 0 unspecified atom stereocenters. The van der Waals surface area contributed by atoms with Gasteiger partial charge in [0.05, 0.1) is 0 Å². The van der Waals surface area contributed by atoms with Crippen LogP contribution >= 0.6 is 0 Å². The zero-order valence-corrected chi connectivity index (χ0v) is 10.4. The standard InChI is InChI=1S/C17H19/c1-2-3-7-15-10-12-17(13-11-15)14-16-8-5-4-6-9-16/h5-6,8-13H,2-3,7,14H2,1H3. The Morgan fingerprint density at radius 3 is 2.06 bits per heavy atom. The van der Waals surface area contributed by atoms with Crippen LogP contribution in [0.1, 0.15) is 36.5 Å². The fourth-order valence-corrected chi connectivity index (χ4v) is 1.98. The minimum Gasteiger partial charge on any atom is -0.0654 e. The summed E-state index contributed by atoms with van der Waals surface area (Å²) in [6, 6.07) is 20.3. The number of rotatable bonds is 5. The van der Waals surface area contributed by atoms with Crippen LogP contribution in [0.2, 0.25) is 0 Å². The summed E-state index contributed by atoms with van der Waals surface area (Å²) < 4.78 is 0. The monoisotopic (exact) mass is 223 g/mol. The molecule has 0 aliphatic carbocycles. The Hall–Kier alpha value is -1.56. The first-order chi connectivity index (χ1) is 8.38. The molecule has 0 saturated heterocycles. The first kappa shape index (κ1) is 11.9.